The molecule has 3 aromatic carbocycles. The molecular formula is C24H26N2O5S2. The number of benzene rings is 3. The molecule has 0 aliphatic heterocycles. The molecule has 0 fully saturated rings. The van der Waals surface area contributed by atoms with Crippen LogP contribution in [0.1, 0.15) is 0 Å². The molecule has 174 valence electrons. The summed E-state index contributed by atoms with van der Waals surface area (Å²) < 4.78 is 38.7. The third kappa shape index (κ3) is 6.43. The molecule has 7 nitrogen and oxygen atoms in total. The highest BCUT2D eigenvalue weighted by molar-refractivity contribution is 7.99. The molecule has 33 heavy (non-hydrogen) atoms. The van der Waals surface area contributed by atoms with Crippen LogP contribution in [0.5, 0.6) is 11.5 Å². The van der Waals surface area contributed by atoms with E-state index in [0.29, 0.717) is 23.8 Å². The number of nitrogens with zero attached hydrogens (tertiary/aromatic N) is 1. The number of carbonyl (C=O) groups excluding carboxylic acids is 1. The van der Waals surface area contributed by atoms with Crippen LogP contribution in [0.25, 0.3) is 0 Å². The van der Waals surface area contributed by atoms with Crippen molar-refractivity contribution in [3.8, 4) is 11.5 Å². The Morgan fingerprint density at radius 2 is 1.61 bits per heavy atom. The van der Waals surface area contributed by atoms with E-state index in [-0.39, 0.29) is 10.6 Å². The predicted octanol–water partition coefficient (Wildman–Crippen LogP) is 3.81. The van der Waals surface area contributed by atoms with Gasteiger partial charge in [-0.1, -0.05) is 36.4 Å². The third-order valence-electron chi connectivity index (χ3n) is 4.71. The van der Waals surface area contributed by atoms with Crippen LogP contribution in [0, 0.1) is 0 Å². The Morgan fingerprint density at radius 3 is 2.24 bits per heavy atom. The number of ether oxygens (including phenoxy) is 2. The Kier molecular flexibility index (Phi) is 8.62. The Morgan fingerprint density at radius 1 is 0.939 bits per heavy atom. The fourth-order valence-corrected chi connectivity index (χ4v) is 5.31. The van der Waals surface area contributed by atoms with Gasteiger partial charge < -0.3 is 14.8 Å². The van der Waals surface area contributed by atoms with Gasteiger partial charge in [-0.2, -0.15) is 0 Å². The first-order valence-electron chi connectivity index (χ1n) is 10.2. The maximum Gasteiger partial charge on any atom is 0.264 e. The molecule has 3 aromatic rings. The monoisotopic (exact) mass is 486 g/mol. The lowest BCUT2D eigenvalue weighted by molar-refractivity contribution is -0.119. The highest BCUT2D eigenvalue weighted by atomic mass is 32.2. The quantitative estimate of drug-likeness (QED) is 0.328. The minimum absolute atomic E-state index is 0.0716. The van der Waals surface area contributed by atoms with Gasteiger partial charge in [0, 0.05) is 23.3 Å². The first-order chi connectivity index (χ1) is 16.0. The summed E-state index contributed by atoms with van der Waals surface area (Å²) in [6.45, 7) is -0.0103. The summed E-state index contributed by atoms with van der Waals surface area (Å²) in [5.41, 5.74) is 0.217. The maximum atomic E-state index is 13.5. The van der Waals surface area contributed by atoms with E-state index >= 15 is 0 Å². The van der Waals surface area contributed by atoms with Crippen molar-refractivity contribution in [3.63, 3.8) is 0 Å². The van der Waals surface area contributed by atoms with Crippen LogP contribution in [-0.4, -0.2) is 47.4 Å². The van der Waals surface area contributed by atoms with Crippen LogP contribution >= 0.6 is 11.8 Å². The number of rotatable bonds is 11. The van der Waals surface area contributed by atoms with E-state index in [1.807, 2.05) is 30.3 Å². The molecule has 0 aromatic heterocycles. The first kappa shape index (κ1) is 24.5. The zero-order valence-electron chi connectivity index (χ0n) is 18.4. The topological polar surface area (TPSA) is 84.9 Å². The molecule has 0 aliphatic carbocycles. The molecular weight excluding hydrogens is 460 g/mol. The molecule has 0 saturated heterocycles. The summed E-state index contributed by atoms with van der Waals surface area (Å²) in [7, 11) is -1.12. The maximum absolute atomic E-state index is 13.5. The number of thioether (sulfide) groups is 1. The molecule has 0 aliphatic rings. The van der Waals surface area contributed by atoms with E-state index in [9.17, 15) is 13.2 Å². The summed E-state index contributed by atoms with van der Waals surface area (Å²) in [5, 5.41) is 2.80. The lowest BCUT2D eigenvalue weighted by atomic mass is 10.2. The van der Waals surface area contributed by atoms with E-state index in [0.717, 1.165) is 9.20 Å². The average Bonchev–Trinajstić information content (AvgIpc) is 2.86. The summed E-state index contributed by atoms with van der Waals surface area (Å²) in [4.78, 5) is 13.9. The van der Waals surface area contributed by atoms with Crippen molar-refractivity contribution in [1.29, 1.82) is 0 Å². The number of amides is 1. The van der Waals surface area contributed by atoms with Gasteiger partial charge in [-0.15, -0.1) is 11.8 Å². The van der Waals surface area contributed by atoms with Crippen molar-refractivity contribution in [2.45, 2.75) is 9.79 Å². The molecule has 1 N–H and O–H groups in total. The Hall–Kier alpha value is -3.17. The van der Waals surface area contributed by atoms with Crippen LogP contribution in [0.15, 0.2) is 88.7 Å². The largest absolute Gasteiger partial charge is 0.497 e. The van der Waals surface area contributed by atoms with Crippen molar-refractivity contribution >= 4 is 33.4 Å². The van der Waals surface area contributed by atoms with E-state index in [1.54, 1.807) is 42.1 Å². The normalized spacial score (nSPS) is 11.0. The van der Waals surface area contributed by atoms with Crippen LogP contribution in [-0.2, 0) is 14.8 Å². The molecule has 0 unspecified atom stereocenters. The van der Waals surface area contributed by atoms with E-state index in [1.165, 1.54) is 32.4 Å². The Labute approximate surface area is 198 Å². The van der Waals surface area contributed by atoms with Gasteiger partial charge in [-0.3, -0.25) is 9.10 Å². The Bertz CT molecular complexity index is 1160. The Balaban J connectivity index is 1.81. The van der Waals surface area contributed by atoms with Gasteiger partial charge in [0.05, 0.1) is 24.8 Å². The summed E-state index contributed by atoms with van der Waals surface area (Å²) in [6, 6.07) is 22.6. The number of nitrogens with one attached hydrogen (secondary N) is 1. The molecule has 0 radical (unpaired) electrons. The lowest BCUT2D eigenvalue weighted by Crippen LogP contribution is -2.41. The van der Waals surface area contributed by atoms with Crippen molar-refractivity contribution in [2.75, 3.05) is 37.4 Å². The SMILES string of the molecule is COc1ccc(OC)c(N(CC(=O)NCCSc2ccccc2)S(=O)(=O)c2ccccc2)c1. The predicted molar refractivity (Wildman–Crippen MR) is 131 cm³/mol. The molecule has 1 amide bonds. The third-order valence-corrected chi connectivity index (χ3v) is 7.50. The van der Waals surface area contributed by atoms with E-state index in [2.05, 4.69) is 5.32 Å². The van der Waals surface area contributed by atoms with Gasteiger partial charge in [0.15, 0.2) is 0 Å². The molecule has 9 heteroatoms. The van der Waals surface area contributed by atoms with Crippen LogP contribution in [0.2, 0.25) is 0 Å². The first-order valence-corrected chi connectivity index (χ1v) is 12.6. The minimum Gasteiger partial charge on any atom is -0.497 e. The second kappa shape index (κ2) is 11.6. The molecule has 0 bridgehead atoms. The van der Waals surface area contributed by atoms with Crippen molar-refractivity contribution in [2.24, 2.45) is 0 Å². The van der Waals surface area contributed by atoms with Gasteiger partial charge in [0.1, 0.15) is 18.0 Å². The highest BCUT2D eigenvalue weighted by Crippen LogP contribution is 2.35. The lowest BCUT2D eigenvalue weighted by Gasteiger charge is -2.26. The zero-order valence-corrected chi connectivity index (χ0v) is 20.1. The van der Waals surface area contributed by atoms with Crippen molar-refractivity contribution in [3.05, 3.63) is 78.9 Å². The standard InChI is InChI=1S/C24H26N2O5S2/c1-30-19-13-14-23(31-2)22(17-19)26(33(28,29)21-11-7-4-8-12-21)18-24(27)25-15-16-32-20-9-5-3-6-10-20/h3-14,17H,15-16,18H2,1-2H3,(H,25,27). The van der Waals surface area contributed by atoms with Gasteiger partial charge in [0.25, 0.3) is 10.0 Å². The number of hydrogen-bond donors (Lipinski definition) is 1. The van der Waals surface area contributed by atoms with Gasteiger partial charge in [-0.25, -0.2) is 8.42 Å². The molecule has 0 spiro atoms. The minimum atomic E-state index is -4.05. The number of anilines is 1. The molecule has 0 heterocycles. The highest BCUT2D eigenvalue weighted by Gasteiger charge is 2.29. The van der Waals surface area contributed by atoms with Gasteiger partial charge >= 0.3 is 0 Å². The molecule has 3 rings (SSSR count). The zero-order chi connectivity index (χ0) is 23.7. The number of hydrogen-bond acceptors (Lipinski definition) is 6. The van der Waals surface area contributed by atoms with Gasteiger partial charge in [-0.05, 0) is 36.4 Å². The van der Waals surface area contributed by atoms with Crippen molar-refractivity contribution < 1.29 is 22.7 Å². The second-order valence-electron chi connectivity index (χ2n) is 6.87. The number of sulfonamides is 1. The summed E-state index contributed by atoms with van der Waals surface area (Å²) in [5.74, 6) is 0.985. The second-order valence-corrected chi connectivity index (χ2v) is 9.90. The van der Waals surface area contributed by atoms with E-state index in [4.69, 9.17) is 9.47 Å². The van der Waals surface area contributed by atoms with Crippen molar-refractivity contribution in [1.82, 2.24) is 5.32 Å². The fraction of sp³-hybridized carbons (Fsp3) is 0.208. The van der Waals surface area contributed by atoms with Crippen LogP contribution < -0.4 is 19.1 Å². The number of methoxy groups -OCH3 is 2. The molecule has 0 atom stereocenters. The fourth-order valence-electron chi connectivity index (χ4n) is 3.07. The van der Waals surface area contributed by atoms with Crippen LogP contribution in [0.3, 0.4) is 0 Å². The van der Waals surface area contributed by atoms with Gasteiger partial charge in [0.2, 0.25) is 5.91 Å². The smallest absolute Gasteiger partial charge is 0.264 e. The molecule has 0 saturated carbocycles. The number of carbonyl (C=O) groups is 1. The van der Waals surface area contributed by atoms with Crippen LogP contribution in [0.4, 0.5) is 5.69 Å². The average molecular weight is 487 g/mol. The summed E-state index contributed by atoms with van der Waals surface area (Å²) in [6.07, 6.45) is 0. The summed E-state index contributed by atoms with van der Waals surface area (Å²) >= 11 is 1.61. The van der Waals surface area contributed by atoms with E-state index < -0.39 is 22.5 Å².